The van der Waals surface area contributed by atoms with Crippen LogP contribution < -0.4 is 5.32 Å². The highest BCUT2D eigenvalue weighted by Crippen LogP contribution is 2.39. The Balaban J connectivity index is 1.85. The third-order valence-corrected chi connectivity index (χ3v) is 5.40. The van der Waals surface area contributed by atoms with Crippen molar-refractivity contribution in [3.05, 3.63) is 71.3 Å². The summed E-state index contributed by atoms with van der Waals surface area (Å²) in [5.41, 5.74) is 2.90. The van der Waals surface area contributed by atoms with Crippen molar-refractivity contribution in [2.45, 2.75) is 0 Å². The van der Waals surface area contributed by atoms with Crippen LogP contribution in [0.15, 0.2) is 64.6 Å². The predicted octanol–water partition coefficient (Wildman–Crippen LogP) is 4.21. The van der Waals surface area contributed by atoms with Crippen LogP contribution in [-0.4, -0.2) is 11.8 Å². The lowest BCUT2D eigenvalue weighted by Gasteiger charge is -2.02. The first kappa shape index (κ1) is 14.2. The zero-order chi connectivity index (χ0) is 17.0. The fourth-order valence-electron chi connectivity index (χ4n) is 3.31. The van der Waals surface area contributed by atoms with E-state index in [-0.39, 0.29) is 11.8 Å². The molecule has 120 valence electrons. The number of carbonyl (C=O) groups excluding carboxylic acids is 2. The number of rotatable bonds is 2. The lowest BCUT2D eigenvalue weighted by molar-refractivity contribution is -0.122. The van der Waals surface area contributed by atoms with Crippen molar-refractivity contribution in [3.63, 3.8) is 0 Å². The molecule has 0 fully saturated rings. The van der Waals surface area contributed by atoms with Gasteiger partial charge in [0.2, 0.25) is 0 Å². The zero-order valence-corrected chi connectivity index (χ0v) is 13.7. The average Bonchev–Trinajstić information content (AvgIpc) is 3.30. The quantitative estimate of drug-likeness (QED) is 0.554. The Morgan fingerprint density at radius 3 is 2.32 bits per heavy atom. The predicted molar refractivity (Wildman–Crippen MR) is 98.0 cm³/mol. The van der Waals surface area contributed by atoms with Crippen molar-refractivity contribution in [1.29, 1.82) is 0 Å². The summed E-state index contributed by atoms with van der Waals surface area (Å²) in [4.78, 5) is 25.1. The zero-order valence-electron chi connectivity index (χ0n) is 12.9. The van der Waals surface area contributed by atoms with Crippen molar-refractivity contribution < 1.29 is 14.0 Å². The molecule has 0 aliphatic carbocycles. The lowest BCUT2D eigenvalue weighted by Crippen LogP contribution is -2.22. The first-order valence-corrected chi connectivity index (χ1v) is 8.65. The van der Waals surface area contributed by atoms with Gasteiger partial charge >= 0.3 is 0 Å². The number of thiophene rings is 1. The second kappa shape index (κ2) is 5.16. The first-order valence-electron chi connectivity index (χ1n) is 7.77. The van der Waals surface area contributed by atoms with Crippen LogP contribution in [0.1, 0.15) is 11.1 Å². The van der Waals surface area contributed by atoms with Gasteiger partial charge < -0.3 is 4.42 Å². The van der Waals surface area contributed by atoms with Gasteiger partial charge in [-0.15, -0.1) is 11.3 Å². The van der Waals surface area contributed by atoms with E-state index in [0.29, 0.717) is 22.3 Å². The van der Waals surface area contributed by atoms with E-state index in [9.17, 15) is 9.59 Å². The van der Waals surface area contributed by atoms with Gasteiger partial charge in [-0.2, -0.15) is 0 Å². The minimum Gasteiger partial charge on any atom is -0.464 e. The molecular weight excluding hydrogens is 334 g/mol. The van der Waals surface area contributed by atoms with E-state index in [1.54, 1.807) is 17.6 Å². The highest BCUT2D eigenvalue weighted by atomic mass is 32.1. The van der Waals surface area contributed by atoms with Crippen molar-refractivity contribution in [2.75, 3.05) is 0 Å². The monoisotopic (exact) mass is 345 g/mol. The number of carbonyl (C=O) groups is 2. The molecule has 5 rings (SSSR count). The second-order valence-electron chi connectivity index (χ2n) is 5.82. The molecule has 0 saturated heterocycles. The van der Waals surface area contributed by atoms with Crippen LogP contribution in [-0.2, 0) is 9.59 Å². The molecule has 2 amide bonds. The molecule has 5 heteroatoms. The molecule has 2 aromatic carbocycles. The minimum absolute atomic E-state index is 0.367. The number of furan rings is 1. The molecule has 3 heterocycles. The molecule has 1 N–H and O–H groups in total. The van der Waals surface area contributed by atoms with E-state index >= 15 is 0 Å². The normalized spacial score (nSPS) is 14.7. The van der Waals surface area contributed by atoms with Gasteiger partial charge in [0.25, 0.3) is 11.8 Å². The molecule has 0 saturated carbocycles. The smallest absolute Gasteiger partial charge is 0.259 e. The maximum Gasteiger partial charge on any atom is 0.259 e. The van der Waals surface area contributed by atoms with Crippen LogP contribution >= 0.6 is 11.3 Å². The standard InChI is InChI=1S/C20H11NO3S/c22-19-17(13-9-24-15-7-3-1-5-11(13)15)18(20(23)21-19)14-10-25-16-8-4-2-6-12(14)16/h1-10H,(H,21,22,23). The maximum atomic E-state index is 12.6. The van der Waals surface area contributed by atoms with E-state index < -0.39 is 0 Å². The molecule has 0 bridgehead atoms. The van der Waals surface area contributed by atoms with Crippen LogP contribution in [0.25, 0.3) is 32.2 Å². The topological polar surface area (TPSA) is 59.3 Å². The van der Waals surface area contributed by atoms with E-state index in [2.05, 4.69) is 5.32 Å². The Labute approximate surface area is 146 Å². The summed E-state index contributed by atoms with van der Waals surface area (Å²) in [5, 5.41) is 6.15. The largest absolute Gasteiger partial charge is 0.464 e. The lowest BCUT2D eigenvalue weighted by atomic mass is 9.95. The number of imide groups is 1. The molecule has 0 radical (unpaired) electrons. The fourth-order valence-corrected chi connectivity index (χ4v) is 4.26. The molecule has 2 aromatic heterocycles. The Morgan fingerprint density at radius 1 is 0.800 bits per heavy atom. The van der Waals surface area contributed by atoms with E-state index in [1.165, 1.54) is 0 Å². The number of hydrogen-bond donors (Lipinski definition) is 1. The van der Waals surface area contributed by atoms with Gasteiger partial charge in [0.1, 0.15) is 5.58 Å². The third kappa shape index (κ3) is 1.99. The number of amides is 2. The molecule has 1 aliphatic rings. The number of para-hydroxylation sites is 1. The van der Waals surface area contributed by atoms with Gasteiger partial charge in [0.05, 0.1) is 17.4 Å². The van der Waals surface area contributed by atoms with Crippen LogP contribution in [0.3, 0.4) is 0 Å². The summed E-state index contributed by atoms with van der Waals surface area (Å²) in [6, 6.07) is 15.4. The Bertz CT molecular complexity index is 1120. The molecule has 1 aliphatic heterocycles. The molecule has 4 aromatic rings. The first-order chi connectivity index (χ1) is 12.2. The second-order valence-corrected chi connectivity index (χ2v) is 6.74. The highest BCUT2D eigenvalue weighted by molar-refractivity contribution is 7.17. The minimum atomic E-state index is -0.387. The summed E-state index contributed by atoms with van der Waals surface area (Å²) < 4.78 is 6.65. The molecule has 0 atom stereocenters. The van der Waals surface area contributed by atoms with Crippen molar-refractivity contribution in [3.8, 4) is 0 Å². The summed E-state index contributed by atoms with van der Waals surface area (Å²) in [6.07, 6.45) is 1.55. The van der Waals surface area contributed by atoms with Crippen LogP contribution in [0.4, 0.5) is 0 Å². The molecule has 4 nitrogen and oxygen atoms in total. The number of nitrogens with one attached hydrogen (secondary N) is 1. The summed E-state index contributed by atoms with van der Waals surface area (Å²) in [7, 11) is 0. The van der Waals surface area contributed by atoms with Gasteiger partial charge in [0, 0.05) is 32.0 Å². The Hall–Kier alpha value is -3.18. The number of hydrogen-bond acceptors (Lipinski definition) is 4. The van der Waals surface area contributed by atoms with Gasteiger partial charge in [-0.3, -0.25) is 14.9 Å². The van der Waals surface area contributed by atoms with Crippen molar-refractivity contribution >= 4 is 55.4 Å². The van der Waals surface area contributed by atoms with Gasteiger partial charge in [-0.1, -0.05) is 36.4 Å². The summed E-state index contributed by atoms with van der Waals surface area (Å²) >= 11 is 1.56. The molecule has 0 spiro atoms. The number of benzene rings is 2. The Morgan fingerprint density at radius 2 is 1.48 bits per heavy atom. The maximum absolute atomic E-state index is 12.6. The fraction of sp³-hybridized carbons (Fsp3) is 0. The summed E-state index contributed by atoms with van der Waals surface area (Å²) in [5.74, 6) is -0.754. The van der Waals surface area contributed by atoms with Gasteiger partial charge in [0.15, 0.2) is 0 Å². The van der Waals surface area contributed by atoms with E-state index in [1.807, 2.05) is 53.9 Å². The van der Waals surface area contributed by atoms with E-state index in [4.69, 9.17) is 4.42 Å². The molecular formula is C20H11NO3S. The van der Waals surface area contributed by atoms with Crippen LogP contribution in [0, 0.1) is 0 Å². The Kier molecular flexibility index (Phi) is 2.93. The highest BCUT2D eigenvalue weighted by Gasteiger charge is 2.34. The molecule has 0 unspecified atom stereocenters. The number of fused-ring (bicyclic) bond motifs is 2. The average molecular weight is 345 g/mol. The van der Waals surface area contributed by atoms with E-state index in [0.717, 1.165) is 21.0 Å². The SMILES string of the molecule is O=C1NC(=O)C(c2csc3ccccc23)=C1c1coc2ccccc12. The molecule has 25 heavy (non-hydrogen) atoms. The van der Waals surface area contributed by atoms with Crippen LogP contribution in [0.5, 0.6) is 0 Å². The third-order valence-electron chi connectivity index (χ3n) is 4.43. The van der Waals surface area contributed by atoms with Crippen molar-refractivity contribution in [2.24, 2.45) is 0 Å². The van der Waals surface area contributed by atoms with Crippen LogP contribution in [0.2, 0.25) is 0 Å². The van der Waals surface area contributed by atoms with Gasteiger partial charge in [-0.25, -0.2) is 0 Å². The van der Waals surface area contributed by atoms with Gasteiger partial charge in [-0.05, 0) is 12.1 Å². The van der Waals surface area contributed by atoms with Crippen molar-refractivity contribution in [1.82, 2.24) is 5.32 Å². The summed E-state index contributed by atoms with van der Waals surface area (Å²) in [6.45, 7) is 0.